The van der Waals surface area contributed by atoms with Crippen LogP contribution in [-0.4, -0.2) is 11.0 Å². The molecule has 0 radical (unpaired) electrons. The highest BCUT2D eigenvalue weighted by Crippen LogP contribution is 2.18. The van der Waals surface area contributed by atoms with Crippen LogP contribution < -0.4 is 5.32 Å². The fraction of sp³-hybridized carbons (Fsp3) is 0.562. The normalized spacial score (nSPS) is 13.9. The molecule has 0 spiro atoms. The Morgan fingerprint density at radius 3 is 2.37 bits per heavy atom. The Morgan fingerprint density at radius 1 is 1.26 bits per heavy atom. The first-order valence-electron chi connectivity index (χ1n) is 7.17. The lowest BCUT2D eigenvalue weighted by Crippen LogP contribution is -2.22. The number of unbranched alkanes of at least 4 members (excludes halogenated alkanes) is 1. The molecule has 3 nitrogen and oxygen atoms in total. The van der Waals surface area contributed by atoms with Crippen molar-refractivity contribution in [3.05, 3.63) is 29.8 Å². The van der Waals surface area contributed by atoms with Crippen LogP contribution in [0.3, 0.4) is 0 Å². The molecule has 19 heavy (non-hydrogen) atoms. The zero-order valence-electron chi connectivity index (χ0n) is 12.1. The van der Waals surface area contributed by atoms with E-state index < -0.39 is 6.10 Å². The van der Waals surface area contributed by atoms with E-state index in [1.54, 1.807) is 6.92 Å². The van der Waals surface area contributed by atoms with E-state index in [0.29, 0.717) is 0 Å². The van der Waals surface area contributed by atoms with Gasteiger partial charge in [0.1, 0.15) is 0 Å². The monoisotopic (exact) mass is 263 g/mol. The maximum atomic E-state index is 12.1. The molecule has 0 saturated heterocycles. The van der Waals surface area contributed by atoms with Gasteiger partial charge in [-0.1, -0.05) is 38.8 Å². The van der Waals surface area contributed by atoms with E-state index in [4.69, 9.17) is 0 Å². The summed E-state index contributed by atoms with van der Waals surface area (Å²) in [7, 11) is 0. The van der Waals surface area contributed by atoms with Crippen LogP contribution in [0.4, 0.5) is 5.69 Å². The number of hydrogen-bond donors (Lipinski definition) is 2. The molecule has 2 N–H and O–H groups in total. The average molecular weight is 263 g/mol. The summed E-state index contributed by atoms with van der Waals surface area (Å²) in [5.74, 6) is 0.192. The number of aliphatic hydroxyl groups excluding tert-OH is 1. The molecular weight excluding hydrogens is 238 g/mol. The van der Waals surface area contributed by atoms with Gasteiger partial charge < -0.3 is 10.4 Å². The van der Waals surface area contributed by atoms with Crippen LogP contribution in [0.2, 0.25) is 0 Å². The smallest absolute Gasteiger partial charge is 0.227 e. The van der Waals surface area contributed by atoms with Crippen LogP contribution in [-0.2, 0) is 4.79 Å². The van der Waals surface area contributed by atoms with Crippen LogP contribution in [0.25, 0.3) is 0 Å². The molecule has 1 aromatic rings. The van der Waals surface area contributed by atoms with Crippen molar-refractivity contribution in [1.82, 2.24) is 0 Å². The van der Waals surface area contributed by atoms with E-state index in [1.807, 2.05) is 24.3 Å². The van der Waals surface area contributed by atoms with Crippen LogP contribution in [0.15, 0.2) is 24.3 Å². The number of anilines is 1. The van der Waals surface area contributed by atoms with Gasteiger partial charge in [-0.2, -0.15) is 0 Å². The molecule has 0 aliphatic rings. The van der Waals surface area contributed by atoms with Gasteiger partial charge >= 0.3 is 0 Å². The molecule has 1 amide bonds. The van der Waals surface area contributed by atoms with Gasteiger partial charge in [0.2, 0.25) is 5.91 Å². The molecule has 3 heteroatoms. The zero-order chi connectivity index (χ0) is 14.3. The average Bonchev–Trinajstić information content (AvgIpc) is 2.40. The molecule has 0 heterocycles. The van der Waals surface area contributed by atoms with Crippen molar-refractivity contribution in [2.45, 2.75) is 52.6 Å². The Bertz CT molecular complexity index is 384. The van der Waals surface area contributed by atoms with E-state index in [0.717, 1.165) is 36.9 Å². The largest absolute Gasteiger partial charge is 0.389 e. The van der Waals surface area contributed by atoms with Gasteiger partial charge in [0, 0.05) is 11.6 Å². The predicted octanol–water partition coefficient (Wildman–Crippen LogP) is 3.89. The van der Waals surface area contributed by atoms with Crippen molar-refractivity contribution in [2.75, 3.05) is 5.32 Å². The lowest BCUT2D eigenvalue weighted by atomic mass is 9.98. The highest BCUT2D eigenvalue weighted by atomic mass is 16.3. The third-order valence-electron chi connectivity index (χ3n) is 3.43. The summed E-state index contributed by atoms with van der Waals surface area (Å²) in [5, 5.41) is 12.4. The lowest BCUT2D eigenvalue weighted by molar-refractivity contribution is -0.120. The molecule has 0 fully saturated rings. The Balaban J connectivity index is 2.59. The first-order valence-corrected chi connectivity index (χ1v) is 7.17. The summed E-state index contributed by atoms with van der Waals surface area (Å²) in [6, 6.07) is 7.36. The maximum Gasteiger partial charge on any atom is 0.227 e. The Labute approximate surface area is 116 Å². The number of amides is 1. The highest BCUT2D eigenvalue weighted by Gasteiger charge is 2.15. The van der Waals surface area contributed by atoms with Crippen molar-refractivity contribution < 1.29 is 9.90 Å². The summed E-state index contributed by atoms with van der Waals surface area (Å²) in [5.41, 5.74) is 1.65. The topological polar surface area (TPSA) is 49.3 Å². The fourth-order valence-corrected chi connectivity index (χ4v) is 2.06. The van der Waals surface area contributed by atoms with Crippen molar-refractivity contribution in [1.29, 1.82) is 0 Å². The van der Waals surface area contributed by atoms with E-state index in [2.05, 4.69) is 19.2 Å². The second-order valence-corrected chi connectivity index (χ2v) is 5.03. The minimum absolute atomic E-state index is 0.0939. The van der Waals surface area contributed by atoms with Crippen molar-refractivity contribution in [3.63, 3.8) is 0 Å². The third kappa shape index (κ3) is 5.03. The van der Waals surface area contributed by atoms with Gasteiger partial charge in [-0.15, -0.1) is 0 Å². The minimum Gasteiger partial charge on any atom is -0.389 e. The molecule has 106 valence electrons. The highest BCUT2D eigenvalue weighted by molar-refractivity contribution is 5.92. The number of benzene rings is 1. The molecule has 0 saturated carbocycles. The number of carbonyl (C=O) groups is 1. The Kier molecular flexibility index (Phi) is 6.57. The molecule has 0 aliphatic heterocycles. The van der Waals surface area contributed by atoms with Crippen molar-refractivity contribution >= 4 is 11.6 Å². The molecule has 0 bridgehead atoms. The molecule has 1 rings (SSSR count). The summed E-state index contributed by atoms with van der Waals surface area (Å²) >= 11 is 0. The molecule has 1 aromatic carbocycles. The molecule has 0 aromatic heterocycles. The van der Waals surface area contributed by atoms with Gasteiger partial charge in [0.25, 0.3) is 0 Å². The summed E-state index contributed by atoms with van der Waals surface area (Å²) in [6.07, 6.45) is 3.56. The number of rotatable bonds is 7. The van der Waals surface area contributed by atoms with Gasteiger partial charge in [0.05, 0.1) is 6.10 Å². The number of aliphatic hydroxyl groups is 1. The number of carbonyl (C=O) groups excluding carboxylic acids is 1. The van der Waals surface area contributed by atoms with Crippen LogP contribution in [0, 0.1) is 5.92 Å². The second kappa shape index (κ2) is 7.95. The first-order chi connectivity index (χ1) is 9.08. The van der Waals surface area contributed by atoms with Crippen LogP contribution >= 0.6 is 0 Å². The van der Waals surface area contributed by atoms with E-state index >= 15 is 0 Å². The van der Waals surface area contributed by atoms with Gasteiger partial charge in [0.15, 0.2) is 0 Å². The second-order valence-electron chi connectivity index (χ2n) is 5.03. The molecule has 2 unspecified atom stereocenters. The minimum atomic E-state index is -0.474. The van der Waals surface area contributed by atoms with Crippen LogP contribution in [0.5, 0.6) is 0 Å². The van der Waals surface area contributed by atoms with E-state index in [1.165, 1.54) is 0 Å². The maximum absolute atomic E-state index is 12.1. The Morgan fingerprint density at radius 2 is 1.89 bits per heavy atom. The molecule has 2 atom stereocenters. The summed E-state index contributed by atoms with van der Waals surface area (Å²) < 4.78 is 0. The summed E-state index contributed by atoms with van der Waals surface area (Å²) in [6.45, 7) is 5.92. The van der Waals surface area contributed by atoms with E-state index in [9.17, 15) is 9.90 Å². The predicted molar refractivity (Wildman–Crippen MR) is 79.0 cm³/mol. The molecular formula is C16H25NO2. The summed E-state index contributed by atoms with van der Waals surface area (Å²) in [4.78, 5) is 12.1. The zero-order valence-corrected chi connectivity index (χ0v) is 12.1. The van der Waals surface area contributed by atoms with Crippen molar-refractivity contribution in [3.8, 4) is 0 Å². The number of hydrogen-bond acceptors (Lipinski definition) is 2. The van der Waals surface area contributed by atoms with Gasteiger partial charge in [-0.3, -0.25) is 4.79 Å². The van der Waals surface area contributed by atoms with Gasteiger partial charge in [-0.25, -0.2) is 0 Å². The standard InChI is InChI=1S/C16H25NO2/c1-4-6-7-13(5-2)16(19)17-15-10-8-14(9-11-15)12(3)18/h8-13,18H,4-7H2,1-3H3,(H,17,19). The van der Waals surface area contributed by atoms with E-state index in [-0.39, 0.29) is 11.8 Å². The number of nitrogens with one attached hydrogen (secondary N) is 1. The fourth-order valence-electron chi connectivity index (χ4n) is 2.06. The molecule has 0 aliphatic carbocycles. The quantitative estimate of drug-likeness (QED) is 0.784. The SMILES string of the molecule is CCCCC(CC)C(=O)Nc1ccc(C(C)O)cc1. The lowest BCUT2D eigenvalue weighted by Gasteiger charge is -2.15. The first kappa shape index (κ1) is 15.7. The van der Waals surface area contributed by atoms with Crippen molar-refractivity contribution in [2.24, 2.45) is 5.92 Å². The Hall–Kier alpha value is -1.35. The van der Waals surface area contributed by atoms with Crippen LogP contribution in [0.1, 0.15) is 58.1 Å². The third-order valence-corrected chi connectivity index (χ3v) is 3.43. The van der Waals surface area contributed by atoms with Gasteiger partial charge in [-0.05, 0) is 37.5 Å².